The van der Waals surface area contributed by atoms with Crippen LogP contribution in [-0.2, 0) is 4.79 Å². The number of aromatic nitrogens is 1. The minimum atomic E-state index is -0.324. The summed E-state index contributed by atoms with van der Waals surface area (Å²) in [6.07, 6.45) is 0.549. The molecule has 0 N–H and O–H groups in total. The molecule has 0 spiro atoms. The highest BCUT2D eigenvalue weighted by molar-refractivity contribution is 8.01. The SMILES string of the molecule is COc1ccc(C2=NN(C(=O)CSc3nc4ccccc4s3)C(c3cccc(OC)c3OC)C2)cc1. The van der Waals surface area contributed by atoms with Gasteiger partial charge in [-0.3, -0.25) is 4.79 Å². The summed E-state index contributed by atoms with van der Waals surface area (Å²) in [7, 11) is 4.85. The lowest BCUT2D eigenvalue weighted by molar-refractivity contribution is -0.130. The maximum atomic E-state index is 13.5. The van der Waals surface area contributed by atoms with Gasteiger partial charge < -0.3 is 14.2 Å². The fourth-order valence-corrected chi connectivity index (χ4v) is 6.14. The van der Waals surface area contributed by atoms with Crippen LogP contribution in [0.1, 0.15) is 23.6 Å². The molecule has 0 aliphatic carbocycles. The summed E-state index contributed by atoms with van der Waals surface area (Å²) in [5.41, 5.74) is 3.56. The highest BCUT2D eigenvalue weighted by Gasteiger charge is 2.35. The molecule has 0 radical (unpaired) electrons. The Kier molecular flexibility index (Phi) is 7.11. The normalized spacial score (nSPS) is 15.1. The van der Waals surface area contributed by atoms with Gasteiger partial charge >= 0.3 is 0 Å². The number of hydrogen-bond donors (Lipinski definition) is 0. The number of thioether (sulfide) groups is 1. The molecule has 1 amide bonds. The molecule has 5 rings (SSSR count). The second kappa shape index (κ2) is 10.6. The van der Waals surface area contributed by atoms with E-state index in [-0.39, 0.29) is 17.7 Å². The zero-order chi connectivity index (χ0) is 25.1. The van der Waals surface area contributed by atoms with Gasteiger partial charge in [-0.05, 0) is 48.0 Å². The maximum absolute atomic E-state index is 13.5. The van der Waals surface area contributed by atoms with Gasteiger partial charge in [0, 0.05) is 12.0 Å². The van der Waals surface area contributed by atoms with E-state index in [1.807, 2.05) is 66.7 Å². The number of rotatable bonds is 8. The number of carbonyl (C=O) groups is 1. The van der Waals surface area contributed by atoms with Crippen LogP contribution in [0.5, 0.6) is 17.2 Å². The van der Waals surface area contributed by atoms with E-state index in [9.17, 15) is 4.79 Å². The van der Waals surface area contributed by atoms with Crippen LogP contribution in [0, 0.1) is 0 Å². The minimum Gasteiger partial charge on any atom is -0.497 e. The molecular formula is C27H25N3O4S2. The average Bonchev–Trinajstić information content (AvgIpc) is 3.56. The Hall–Kier alpha value is -3.56. The first-order chi connectivity index (χ1) is 17.6. The van der Waals surface area contributed by atoms with Crippen molar-refractivity contribution in [3.05, 3.63) is 77.9 Å². The summed E-state index contributed by atoms with van der Waals surface area (Å²) < 4.78 is 18.5. The van der Waals surface area contributed by atoms with Crippen LogP contribution in [0.15, 0.2) is 76.2 Å². The summed E-state index contributed by atoms with van der Waals surface area (Å²) in [5.74, 6) is 2.11. The van der Waals surface area contributed by atoms with Gasteiger partial charge in [0.2, 0.25) is 0 Å². The van der Waals surface area contributed by atoms with Crippen LogP contribution >= 0.6 is 23.1 Å². The number of amides is 1. The fraction of sp³-hybridized carbons (Fsp3) is 0.222. The Labute approximate surface area is 217 Å². The molecule has 0 saturated heterocycles. The summed E-state index contributed by atoms with van der Waals surface area (Å²) in [4.78, 5) is 18.2. The molecule has 36 heavy (non-hydrogen) atoms. The first-order valence-electron chi connectivity index (χ1n) is 11.3. The molecule has 184 valence electrons. The number of nitrogens with zero attached hydrogens (tertiary/aromatic N) is 3. The van der Waals surface area contributed by atoms with E-state index in [4.69, 9.17) is 19.3 Å². The van der Waals surface area contributed by atoms with Crippen molar-refractivity contribution in [2.24, 2.45) is 5.10 Å². The lowest BCUT2D eigenvalue weighted by Crippen LogP contribution is -2.28. The van der Waals surface area contributed by atoms with E-state index in [1.165, 1.54) is 11.8 Å². The number of hydrogen-bond acceptors (Lipinski definition) is 8. The topological polar surface area (TPSA) is 73.2 Å². The number of benzene rings is 3. The Morgan fingerprint density at radius 2 is 1.81 bits per heavy atom. The fourth-order valence-electron chi connectivity index (χ4n) is 4.22. The van der Waals surface area contributed by atoms with Crippen molar-refractivity contribution < 1.29 is 19.0 Å². The Morgan fingerprint density at radius 3 is 2.53 bits per heavy atom. The van der Waals surface area contributed by atoms with Crippen molar-refractivity contribution in [3.63, 3.8) is 0 Å². The summed E-state index contributed by atoms with van der Waals surface area (Å²) in [6.45, 7) is 0. The van der Waals surface area contributed by atoms with Crippen LogP contribution in [0.2, 0.25) is 0 Å². The predicted molar refractivity (Wildman–Crippen MR) is 144 cm³/mol. The van der Waals surface area contributed by atoms with Crippen LogP contribution < -0.4 is 14.2 Å². The van der Waals surface area contributed by atoms with Gasteiger partial charge in [0.25, 0.3) is 5.91 Å². The van der Waals surface area contributed by atoms with Crippen molar-refractivity contribution in [2.75, 3.05) is 27.1 Å². The summed E-state index contributed by atoms with van der Waals surface area (Å²) in [6, 6.07) is 21.1. The molecule has 1 atom stereocenters. The van der Waals surface area contributed by atoms with Crippen LogP contribution in [0.4, 0.5) is 0 Å². The largest absolute Gasteiger partial charge is 0.497 e. The summed E-state index contributed by atoms with van der Waals surface area (Å²) in [5, 5.41) is 6.37. The van der Waals surface area contributed by atoms with Gasteiger partial charge in [-0.1, -0.05) is 36.0 Å². The van der Waals surface area contributed by atoms with Gasteiger partial charge in [0.05, 0.1) is 49.1 Å². The molecule has 4 aromatic rings. The molecular weight excluding hydrogens is 494 g/mol. The second-order valence-corrected chi connectivity index (χ2v) is 10.3. The molecule has 7 nitrogen and oxygen atoms in total. The molecule has 1 unspecified atom stereocenters. The van der Waals surface area contributed by atoms with E-state index >= 15 is 0 Å². The lowest BCUT2D eigenvalue weighted by Gasteiger charge is -2.24. The predicted octanol–water partition coefficient (Wildman–Crippen LogP) is 5.79. The minimum absolute atomic E-state index is 0.0994. The number of para-hydroxylation sites is 2. The van der Waals surface area contributed by atoms with Crippen molar-refractivity contribution in [2.45, 2.75) is 16.8 Å². The van der Waals surface area contributed by atoms with Gasteiger partial charge in [0.1, 0.15) is 5.75 Å². The average molecular weight is 520 g/mol. The van der Waals surface area contributed by atoms with E-state index in [2.05, 4.69) is 4.98 Å². The molecule has 9 heteroatoms. The highest BCUT2D eigenvalue weighted by atomic mass is 32.2. The third-order valence-corrected chi connectivity index (χ3v) is 8.14. The quantitative estimate of drug-likeness (QED) is 0.274. The molecule has 0 bridgehead atoms. The first-order valence-corrected chi connectivity index (χ1v) is 13.1. The maximum Gasteiger partial charge on any atom is 0.253 e. The molecule has 3 aromatic carbocycles. The third kappa shape index (κ3) is 4.76. The van der Waals surface area contributed by atoms with Crippen LogP contribution in [0.25, 0.3) is 10.2 Å². The Bertz CT molecular complexity index is 1390. The summed E-state index contributed by atoms with van der Waals surface area (Å²) >= 11 is 3.02. The second-order valence-electron chi connectivity index (χ2n) is 8.05. The van der Waals surface area contributed by atoms with E-state index < -0.39 is 0 Å². The van der Waals surface area contributed by atoms with Gasteiger partial charge in [-0.25, -0.2) is 9.99 Å². The van der Waals surface area contributed by atoms with Gasteiger partial charge in [-0.2, -0.15) is 5.10 Å². The van der Waals surface area contributed by atoms with Crippen LogP contribution in [0.3, 0.4) is 0 Å². The number of methoxy groups -OCH3 is 3. The number of hydrazone groups is 1. The molecule has 1 aromatic heterocycles. The molecule has 1 aliphatic heterocycles. The van der Waals surface area contributed by atoms with E-state index in [0.717, 1.165) is 37.1 Å². The van der Waals surface area contributed by atoms with Crippen molar-refractivity contribution in [1.29, 1.82) is 0 Å². The lowest BCUT2D eigenvalue weighted by atomic mass is 9.97. The van der Waals surface area contributed by atoms with E-state index in [0.29, 0.717) is 17.9 Å². The molecule has 2 heterocycles. The van der Waals surface area contributed by atoms with E-state index in [1.54, 1.807) is 37.7 Å². The number of thiazole rings is 1. The molecule has 0 saturated carbocycles. The van der Waals surface area contributed by atoms with Crippen LogP contribution in [-0.4, -0.2) is 48.7 Å². The zero-order valence-electron chi connectivity index (χ0n) is 20.1. The highest BCUT2D eigenvalue weighted by Crippen LogP contribution is 2.42. The van der Waals surface area contributed by atoms with Crippen molar-refractivity contribution in [3.8, 4) is 17.2 Å². The van der Waals surface area contributed by atoms with Gasteiger partial charge in [-0.15, -0.1) is 11.3 Å². The number of carbonyl (C=O) groups excluding carboxylic acids is 1. The number of fused-ring (bicyclic) bond motifs is 1. The van der Waals surface area contributed by atoms with Gasteiger partial charge in [0.15, 0.2) is 15.8 Å². The smallest absolute Gasteiger partial charge is 0.253 e. The zero-order valence-corrected chi connectivity index (χ0v) is 21.8. The monoisotopic (exact) mass is 519 g/mol. The molecule has 0 fully saturated rings. The Morgan fingerprint density at radius 1 is 1.00 bits per heavy atom. The third-order valence-electron chi connectivity index (χ3n) is 5.97. The van der Waals surface area contributed by atoms with Crippen molar-refractivity contribution >= 4 is 44.9 Å². The number of ether oxygens (including phenoxy) is 3. The standard InChI is InChI=1S/C27H25N3O4S2/c1-32-18-13-11-17(12-14-18)21-15-22(19-7-6-9-23(33-2)26(19)34-3)30(29-21)25(31)16-35-27-28-20-8-4-5-10-24(20)36-27/h4-14,22H,15-16H2,1-3H3. The Balaban J connectivity index is 1.44. The van der Waals surface area contributed by atoms with Crippen molar-refractivity contribution in [1.82, 2.24) is 9.99 Å². The first kappa shape index (κ1) is 24.1. The molecule has 1 aliphatic rings.